The molecule has 2 rings (SSSR count). The second-order valence-corrected chi connectivity index (χ2v) is 5.12. The van der Waals surface area contributed by atoms with E-state index in [4.69, 9.17) is 5.73 Å². The molecule has 0 aromatic heterocycles. The van der Waals surface area contributed by atoms with Crippen LogP contribution < -0.4 is 5.73 Å². The van der Waals surface area contributed by atoms with Crippen LogP contribution in [0.5, 0.6) is 0 Å². The first-order valence-electron chi connectivity index (χ1n) is 6.05. The van der Waals surface area contributed by atoms with Gasteiger partial charge in [0, 0.05) is 16.2 Å². The predicted octanol–water partition coefficient (Wildman–Crippen LogP) is 3.57. The smallest absolute Gasteiger partial charge is 0.159 e. The largest absolute Gasteiger partial charge is 0.320 e. The van der Waals surface area contributed by atoms with Crippen LogP contribution in [0.4, 0.5) is 8.78 Å². The highest BCUT2D eigenvalue weighted by Crippen LogP contribution is 2.24. The number of rotatable bonds is 3. The molecular weight excluding hydrogens is 276 g/mol. The maximum absolute atomic E-state index is 13.1. The van der Waals surface area contributed by atoms with Crippen molar-refractivity contribution in [2.75, 3.05) is 6.54 Å². The van der Waals surface area contributed by atoms with Gasteiger partial charge < -0.3 is 5.73 Å². The van der Waals surface area contributed by atoms with E-state index in [1.165, 1.54) is 17.8 Å². The fraction of sp³-hybridized carbons (Fsp3) is 0.125. The van der Waals surface area contributed by atoms with Gasteiger partial charge in [-0.25, -0.2) is 8.78 Å². The van der Waals surface area contributed by atoms with E-state index in [1.807, 2.05) is 24.3 Å². The molecular formula is C16H13F2NS. The van der Waals surface area contributed by atoms with Crippen molar-refractivity contribution in [2.24, 2.45) is 5.73 Å². The molecule has 0 spiro atoms. The van der Waals surface area contributed by atoms with Gasteiger partial charge in [0.2, 0.25) is 0 Å². The fourth-order valence-electron chi connectivity index (χ4n) is 1.57. The highest BCUT2D eigenvalue weighted by molar-refractivity contribution is 7.98. The first kappa shape index (κ1) is 14.6. The van der Waals surface area contributed by atoms with Crippen molar-refractivity contribution < 1.29 is 8.78 Å². The van der Waals surface area contributed by atoms with Gasteiger partial charge in [-0.1, -0.05) is 24.0 Å². The first-order valence-corrected chi connectivity index (χ1v) is 7.03. The Morgan fingerprint density at radius 2 is 1.75 bits per heavy atom. The van der Waals surface area contributed by atoms with E-state index in [2.05, 4.69) is 11.8 Å². The summed E-state index contributed by atoms with van der Waals surface area (Å²) in [5, 5.41) is 0. The number of halogens is 2. The molecule has 1 nitrogen and oxygen atoms in total. The maximum Gasteiger partial charge on any atom is 0.159 e. The highest BCUT2D eigenvalue weighted by Gasteiger charge is 2.03. The van der Waals surface area contributed by atoms with E-state index in [0.29, 0.717) is 17.2 Å². The lowest BCUT2D eigenvalue weighted by atomic mass is 10.1. The number of nitrogens with two attached hydrogens (primary N) is 1. The molecule has 0 aliphatic heterocycles. The van der Waals surface area contributed by atoms with Crippen molar-refractivity contribution in [3.8, 4) is 11.8 Å². The number of hydrogen-bond donors (Lipinski definition) is 1. The molecule has 0 aliphatic carbocycles. The lowest BCUT2D eigenvalue weighted by Crippen LogP contribution is -1.93. The maximum atomic E-state index is 13.1. The minimum absolute atomic E-state index is 0.341. The molecule has 0 fully saturated rings. The average Bonchev–Trinajstić information content (AvgIpc) is 2.47. The summed E-state index contributed by atoms with van der Waals surface area (Å²) in [5.41, 5.74) is 7.32. The van der Waals surface area contributed by atoms with Gasteiger partial charge in [0.1, 0.15) is 0 Å². The molecule has 0 amide bonds. The SMILES string of the molecule is NCC#Cc1ccc(CSc2ccc(F)c(F)c2)cc1. The molecule has 102 valence electrons. The van der Waals surface area contributed by atoms with Crippen molar-refractivity contribution in [3.63, 3.8) is 0 Å². The van der Waals surface area contributed by atoms with Crippen LogP contribution in [-0.2, 0) is 5.75 Å². The number of hydrogen-bond acceptors (Lipinski definition) is 2. The third-order valence-corrected chi connectivity index (χ3v) is 3.65. The van der Waals surface area contributed by atoms with Gasteiger partial charge in [-0.15, -0.1) is 11.8 Å². The molecule has 0 heterocycles. The topological polar surface area (TPSA) is 26.0 Å². The van der Waals surface area contributed by atoms with Crippen LogP contribution in [-0.4, -0.2) is 6.54 Å². The Morgan fingerprint density at radius 3 is 2.40 bits per heavy atom. The molecule has 0 unspecified atom stereocenters. The fourth-order valence-corrected chi connectivity index (χ4v) is 2.45. The van der Waals surface area contributed by atoms with Gasteiger partial charge in [-0.3, -0.25) is 0 Å². The monoisotopic (exact) mass is 289 g/mol. The lowest BCUT2D eigenvalue weighted by molar-refractivity contribution is 0.506. The van der Waals surface area contributed by atoms with Crippen LogP contribution in [0.15, 0.2) is 47.4 Å². The van der Waals surface area contributed by atoms with Crippen LogP contribution in [0.2, 0.25) is 0 Å². The minimum Gasteiger partial charge on any atom is -0.320 e. The van der Waals surface area contributed by atoms with E-state index in [0.717, 1.165) is 17.2 Å². The average molecular weight is 289 g/mol. The number of benzene rings is 2. The minimum atomic E-state index is -0.822. The van der Waals surface area contributed by atoms with E-state index in [9.17, 15) is 8.78 Å². The highest BCUT2D eigenvalue weighted by atomic mass is 32.2. The Balaban J connectivity index is 1.98. The van der Waals surface area contributed by atoms with Crippen molar-refractivity contribution in [1.29, 1.82) is 0 Å². The standard InChI is InChI=1S/C16H13F2NS/c17-15-8-7-14(10-16(15)18)20-11-13-5-3-12(4-6-13)2-1-9-19/h3-8,10H,9,11,19H2. The third-order valence-electron chi connectivity index (χ3n) is 2.59. The zero-order valence-electron chi connectivity index (χ0n) is 10.7. The summed E-state index contributed by atoms with van der Waals surface area (Å²) in [6.45, 7) is 0.341. The van der Waals surface area contributed by atoms with E-state index < -0.39 is 11.6 Å². The summed E-state index contributed by atoms with van der Waals surface area (Å²) in [4.78, 5) is 0.705. The van der Waals surface area contributed by atoms with Gasteiger partial charge >= 0.3 is 0 Å². The van der Waals surface area contributed by atoms with Crippen LogP contribution in [0.25, 0.3) is 0 Å². The van der Waals surface area contributed by atoms with Crippen LogP contribution in [0, 0.1) is 23.5 Å². The Bertz CT molecular complexity index is 642. The Hall–Kier alpha value is -1.83. The molecule has 0 radical (unpaired) electrons. The summed E-state index contributed by atoms with van der Waals surface area (Å²) < 4.78 is 25.9. The molecule has 0 bridgehead atoms. The van der Waals surface area contributed by atoms with Crippen LogP contribution in [0.3, 0.4) is 0 Å². The molecule has 0 aliphatic rings. The Kier molecular flexibility index (Phi) is 5.16. The lowest BCUT2D eigenvalue weighted by Gasteiger charge is -2.03. The molecule has 20 heavy (non-hydrogen) atoms. The van der Waals surface area contributed by atoms with Crippen molar-refractivity contribution in [2.45, 2.75) is 10.6 Å². The van der Waals surface area contributed by atoms with Crippen LogP contribution in [0.1, 0.15) is 11.1 Å². The van der Waals surface area contributed by atoms with Crippen molar-refractivity contribution in [3.05, 3.63) is 65.2 Å². The molecule has 0 saturated heterocycles. The summed E-state index contributed by atoms with van der Waals surface area (Å²) >= 11 is 1.46. The van der Waals surface area contributed by atoms with E-state index in [1.54, 1.807) is 6.07 Å². The summed E-state index contributed by atoms with van der Waals surface area (Å²) in [5.74, 6) is 4.79. The number of thioether (sulfide) groups is 1. The van der Waals surface area contributed by atoms with Crippen molar-refractivity contribution >= 4 is 11.8 Å². The van der Waals surface area contributed by atoms with E-state index in [-0.39, 0.29) is 0 Å². The molecule has 2 aromatic carbocycles. The van der Waals surface area contributed by atoms with Gasteiger partial charge in [-0.2, -0.15) is 0 Å². The second kappa shape index (κ2) is 7.09. The molecule has 2 aromatic rings. The van der Waals surface area contributed by atoms with Gasteiger partial charge in [0.25, 0.3) is 0 Å². The zero-order chi connectivity index (χ0) is 14.4. The van der Waals surface area contributed by atoms with Gasteiger partial charge in [-0.05, 0) is 35.9 Å². The quantitative estimate of drug-likeness (QED) is 0.690. The summed E-state index contributed by atoms with van der Waals surface area (Å²) in [6.07, 6.45) is 0. The Morgan fingerprint density at radius 1 is 1.00 bits per heavy atom. The van der Waals surface area contributed by atoms with E-state index >= 15 is 0 Å². The molecule has 0 saturated carbocycles. The second-order valence-electron chi connectivity index (χ2n) is 4.07. The molecule has 2 N–H and O–H groups in total. The Labute approximate surface area is 121 Å². The summed E-state index contributed by atoms with van der Waals surface area (Å²) in [7, 11) is 0. The zero-order valence-corrected chi connectivity index (χ0v) is 11.5. The third kappa shape index (κ3) is 4.09. The first-order chi connectivity index (χ1) is 9.69. The normalized spacial score (nSPS) is 9.95. The summed E-state index contributed by atoms with van der Waals surface area (Å²) in [6, 6.07) is 11.7. The molecule has 4 heteroatoms. The van der Waals surface area contributed by atoms with Gasteiger partial charge in [0.05, 0.1) is 6.54 Å². The molecule has 0 atom stereocenters. The van der Waals surface area contributed by atoms with Gasteiger partial charge in [0.15, 0.2) is 11.6 Å². The predicted molar refractivity (Wildman–Crippen MR) is 78.3 cm³/mol. The van der Waals surface area contributed by atoms with Crippen molar-refractivity contribution in [1.82, 2.24) is 0 Å². The van der Waals surface area contributed by atoms with Crippen LogP contribution >= 0.6 is 11.8 Å².